The molecule has 0 saturated carbocycles. The van der Waals surface area contributed by atoms with Crippen molar-refractivity contribution in [3.63, 3.8) is 0 Å². The number of rotatable bonds is 5. The molecule has 1 aromatic heterocycles. The van der Waals surface area contributed by atoms with Crippen molar-refractivity contribution in [1.29, 1.82) is 0 Å². The number of nitrogens with one attached hydrogen (secondary N) is 3. The maximum absolute atomic E-state index is 12.1. The van der Waals surface area contributed by atoms with Crippen LogP contribution in [0.3, 0.4) is 0 Å². The highest BCUT2D eigenvalue weighted by Crippen LogP contribution is 2.15. The van der Waals surface area contributed by atoms with Crippen molar-refractivity contribution in [3.05, 3.63) is 18.2 Å². The maximum atomic E-state index is 12.1. The Balaban J connectivity index is 1.96. The van der Waals surface area contributed by atoms with Crippen LogP contribution in [-0.4, -0.2) is 45.6 Å². The Morgan fingerprint density at radius 1 is 1.63 bits per heavy atom. The minimum Gasteiger partial charge on any atom is -0.480 e. The molecular formula is C12H18N4O3. The van der Waals surface area contributed by atoms with Crippen LogP contribution in [-0.2, 0) is 16.0 Å². The number of hydrogen-bond acceptors (Lipinski definition) is 4. The van der Waals surface area contributed by atoms with Gasteiger partial charge in [-0.3, -0.25) is 4.79 Å². The molecule has 3 atom stereocenters. The zero-order valence-electron chi connectivity index (χ0n) is 10.7. The standard InChI is InChI=1S/C12H18N4O3/c1-7-9(2-3-14-7)11(17)16-10(12(18)19)4-8-5-13-6-15-8/h5-7,9-10,14H,2-4H2,1H3,(H,13,15)(H,16,17)(H,18,19)/t7?,9?,10-/m0/s1. The Bertz CT molecular complexity index is 446. The fourth-order valence-electron chi connectivity index (χ4n) is 2.31. The molecule has 1 aliphatic rings. The van der Waals surface area contributed by atoms with Gasteiger partial charge in [-0.25, -0.2) is 9.78 Å². The highest BCUT2D eigenvalue weighted by atomic mass is 16.4. The second kappa shape index (κ2) is 5.83. The Morgan fingerprint density at radius 2 is 2.42 bits per heavy atom. The molecule has 0 spiro atoms. The number of aromatic nitrogens is 2. The van der Waals surface area contributed by atoms with Crippen LogP contribution in [0.1, 0.15) is 19.0 Å². The van der Waals surface area contributed by atoms with E-state index in [1.54, 1.807) is 6.20 Å². The molecule has 1 aromatic rings. The molecule has 1 fully saturated rings. The van der Waals surface area contributed by atoms with E-state index in [9.17, 15) is 9.59 Å². The van der Waals surface area contributed by atoms with Gasteiger partial charge in [0.2, 0.25) is 5.91 Å². The molecule has 1 amide bonds. The molecule has 19 heavy (non-hydrogen) atoms. The van der Waals surface area contributed by atoms with Gasteiger partial charge in [0.25, 0.3) is 0 Å². The van der Waals surface area contributed by atoms with Gasteiger partial charge in [0.05, 0.1) is 12.2 Å². The molecular weight excluding hydrogens is 248 g/mol. The van der Waals surface area contributed by atoms with Gasteiger partial charge in [-0.05, 0) is 19.9 Å². The molecule has 0 aromatic carbocycles. The van der Waals surface area contributed by atoms with Crippen LogP contribution < -0.4 is 10.6 Å². The summed E-state index contributed by atoms with van der Waals surface area (Å²) in [4.78, 5) is 29.9. The molecule has 2 unspecified atom stereocenters. The first-order chi connectivity index (χ1) is 9.08. The summed E-state index contributed by atoms with van der Waals surface area (Å²) in [7, 11) is 0. The van der Waals surface area contributed by atoms with Crippen molar-refractivity contribution in [1.82, 2.24) is 20.6 Å². The lowest BCUT2D eigenvalue weighted by atomic mass is 10.0. The lowest BCUT2D eigenvalue weighted by molar-refractivity contribution is -0.142. The summed E-state index contributed by atoms with van der Waals surface area (Å²) in [6, 6.07) is -0.845. The molecule has 104 valence electrons. The Labute approximate surface area is 110 Å². The largest absolute Gasteiger partial charge is 0.480 e. The molecule has 2 rings (SSSR count). The number of aromatic amines is 1. The van der Waals surface area contributed by atoms with Crippen molar-refractivity contribution < 1.29 is 14.7 Å². The van der Waals surface area contributed by atoms with Crippen molar-refractivity contribution in [2.24, 2.45) is 5.92 Å². The van der Waals surface area contributed by atoms with E-state index in [1.807, 2.05) is 6.92 Å². The average molecular weight is 266 g/mol. The zero-order chi connectivity index (χ0) is 13.8. The number of aliphatic carboxylic acids is 1. The number of nitrogens with zero attached hydrogens (tertiary/aromatic N) is 1. The van der Waals surface area contributed by atoms with Crippen LogP contribution >= 0.6 is 0 Å². The second-order valence-corrected chi connectivity index (χ2v) is 4.82. The number of carbonyl (C=O) groups excluding carboxylic acids is 1. The number of carboxylic acids is 1. The predicted molar refractivity (Wildman–Crippen MR) is 67.4 cm³/mol. The Hall–Kier alpha value is -1.89. The lowest BCUT2D eigenvalue weighted by Crippen LogP contribution is -2.46. The summed E-state index contributed by atoms with van der Waals surface area (Å²) in [5.41, 5.74) is 0.685. The van der Waals surface area contributed by atoms with Gasteiger partial charge in [0, 0.05) is 24.4 Å². The van der Waals surface area contributed by atoms with Gasteiger partial charge in [-0.15, -0.1) is 0 Å². The van der Waals surface area contributed by atoms with Crippen molar-refractivity contribution >= 4 is 11.9 Å². The molecule has 4 N–H and O–H groups in total. The molecule has 1 saturated heterocycles. The Morgan fingerprint density at radius 3 is 2.95 bits per heavy atom. The van der Waals surface area contributed by atoms with E-state index in [1.165, 1.54) is 6.33 Å². The second-order valence-electron chi connectivity index (χ2n) is 4.82. The first-order valence-electron chi connectivity index (χ1n) is 6.31. The SMILES string of the molecule is CC1NCCC1C(=O)N[C@@H](Cc1cnc[nH]1)C(=O)O. The first-order valence-corrected chi connectivity index (χ1v) is 6.31. The third kappa shape index (κ3) is 3.31. The van der Waals surface area contributed by atoms with E-state index in [4.69, 9.17) is 5.11 Å². The van der Waals surface area contributed by atoms with Gasteiger partial charge >= 0.3 is 5.97 Å². The minimum absolute atomic E-state index is 0.0848. The van der Waals surface area contributed by atoms with E-state index >= 15 is 0 Å². The number of imidazole rings is 1. The van der Waals surface area contributed by atoms with E-state index in [0.29, 0.717) is 5.69 Å². The van der Waals surface area contributed by atoms with Gasteiger partial charge in [0.1, 0.15) is 6.04 Å². The van der Waals surface area contributed by atoms with Crippen LogP contribution in [0.25, 0.3) is 0 Å². The van der Waals surface area contributed by atoms with Crippen molar-refractivity contribution in [2.75, 3.05) is 6.54 Å². The Kier molecular flexibility index (Phi) is 4.16. The number of carboxylic acid groups (broad SMARTS) is 1. The third-order valence-corrected chi connectivity index (χ3v) is 3.46. The number of carbonyl (C=O) groups is 2. The minimum atomic E-state index is -1.04. The van der Waals surface area contributed by atoms with Crippen molar-refractivity contribution in [2.45, 2.75) is 31.8 Å². The number of amides is 1. The molecule has 0 radical (unpaired) electrons. The quantitative estimate of drug-likeness (QED) is 0.576. The monoisotopic (exact) mass is 266 g/mol. The van der Waals surface area contributed by atoms with E-state index in [0.717, 1.165) is 13.0 Å². The topological polar surface area (TPSA) is 107 Å². The van der Waals surface area contributed by atoms with E-state index in [-0.39, 0.29) is 24.3 Å². The molecule has 7 nitrogen and oxygen atoms in total. The normalized spacial score (nSPS) is 24.1. The average Bonchev–Trinajstić information content (AvgIpc) is 2.99. The molecule has 0 bridgehead atoms. The molecule has 0 aliphatic carbocycles. The number of hydrogen-bond donors (Lipinski definition) is 4. The summed E-state index contributed by atoms with van der Waals surface area (Å²) in [6.07, 6.45) is 3.99. The third-order valence-electron chi connectivity index (χ3n) is 3.46. The van der Waals surface area contributed by atoms with Crippen LogP contribution in [0, 0.1) is 5.92 Å². The van der Waals surface area contributed by atoms with Crippen LogP contribution in [0.5, 0.6) is 0 Å². The van der Waals surface area contributed by atoms with Gasteiger partial charge in [-0.2, -0.15) is 0 Å². The van der Waals surface area contributed by atoms with Gasteiger partial charge < -0.3 is 20.7 Å². The maximum Gasteiger partial charge on any atom is 0.326 e. The fourth-order valence-corrected chi connectivity index (χ4v) is 2.31. The highest BCUT2D eigenvalue weighted by Gasteiger charge is 2.32. The van der Waals surface area contributed by atoms with Crippen molar-refractivity contribution in [3.8, 4) is 0 Å². The summed E-state index contributed by atoms with van der Waals surface area (Å²) in [5.74, 6) is -1.41. The molecule has 7 heteroatoms. The molecule has 2 heterocycles. The summed E-state index contributed by atoms with van der Waals surface area (Å²) in [6.45, 7) is 2.72. The van der Waals surface area contributed by atoms with Crippen LogP contribution in [0.4, 0.5) is 0 Å². The smallest absolute Gasteiger partial charge is 0.326 e. The fraction of sp³-hybridized carbons (Fsp3) is 0.583. The van der Waals surface area contributed by atoms with Gasteiger partial charge in [-0.1, -0.05) is 0 Å². The highest BCUT2D eigenvalue weighted by molar-refractivity contribution is 5.85. The zero-order valence-corrected chi connectivity index (χ0v) is 10.7. The predicted octanol–water partition coefficient (Wildman–Crippen LogP) is -0.480. The van der Waals surface area contributed by atoms with Crippen LogP contribution in [0.15, 0.2) is 12.5 Å². The molecule has 1 aliphatic heterocycles. The lowest BCUT2D eigenvalue weighted by Gasteiger charge is -2.19. The van der Waals surface area contributed by atoms with E-state index < -0.39 is 12.0 Å². The first kappa shape index (κ1) is 13.5. The summed E-state index contributed by atoms with van der Waals surface area (Å²) >= 11 is 0. The van der Waals surface area contributed by atoms with Gasteiger partial charge in [0.15, 0.2) is 0 Å². The van der Waals surface area contributed by atoms with E-state index in [2.05, 4.69) is 20.6 Å². The number of H-pyrrole nitrogens is 1. The van der Waals surface area contributed by atoms with Crippen LogP contribution in [0.2, 0.25) is 0 Å². The summed E-state index contributed by atoms with van der Waals surface area (Å²) in [5, 5.41) is 14.9. The summed E-state index contributed by atoms with van der Waals surface area (Å²) < 4.78 is 0.